The Kier molecular flexibility index (Phi) is 3.75. The van der Waals surface area contributed by atoms with E-state index >= 15 is 0 Å². The van der Waals surface area contributed by atoms with Crippen molar-refractivity contribution in [3.05, 3.63) is 15.8 Å². The van der Waals surface area contributed by atoms with Crippen molar-refractivity contribution in [3.63, 3.8) is 0 Å². The predicted molar refractivity (Wildman–Crippen MR) is 71.4 cm³/mol. The van der Waals surface area contributed by atoms with Gasteiger partial charge in [-0.15, -0.1) is 0 Å². The molecule has 1 aromatic rings. The monoisotopic (exact) mass is 268 g/mol. The number of piperidine rings is 1. The first-order chi connectivity index (χ1) is 8.91. The Morgan fingerprint density at radius 3 is 2.74 bits per heavy atom. The number of hydrogen-bond acceptors (Lipinski definition) is 5. The van der Waals surface area contributed by atoms with E-state index in [0.29, 0.717) is 18.1 Å². The lowest BCUT2D eigenvalue weighted by Crippen LogP contribution is -2.39. The SMILES string of the molecule is CC(C)c1nn(C)c(N2CCCC(O)C2)c1[N+](=O)[O-]. The van der Waals surface area contributed by atoms with Crippen LogP contribution in [0.2, 0.25) is 0 Å². The molecular weight excluding hydrogens is 248 g/mol. The zero-order valence-electron chi connectivity index (χ0n) is 11.5. The number of nitrogens with zero attached hydrogens (tertiary/aromatic N) is 4. The van der Waals surface area contributed by atoms with Gasteiger partial charge in [-0.2, -0.15) is 5.10 Å². The lowest BCUT2D eigenvalue weighted by Gasteiger charge is -2.30. The number of rotatable bonds is 3. The van der Waals surface area contributed by atoms with Crippen LogP contribution in [0.3, 0.4) is 0 Å². The Hall–Kier alpha value is -1.63. The first-order valence-corrected chi connectivity index (χ1v) is 6.56. The summed E-state index contributed by atoms with van der Waals surface area (Å²) in [6.07, 6.45) is 1.16. The van der Waals surface area contributed by atoms with E-state index < -0.39 is 6.10 Å². The van der Waals surface area contributed by atoms with E-state index in [9.17, 15) is 15.2 Å². The fourth-order valence-corrected chi connectivity index (χ4v) is 2.59. The van der Waals surface area contributed by atoms with Crippen LogP contribution in [0.15, 0.2) is 0 Å². The van der Waals surface area contributed by atoms with Crippen LogP contribution in [0.5, 0.6) is 0 Å². The van der Waals surface area contributed by atoms with Crippen molar-refractivity contribution < 1.29 is 10.0 Å². The maximum absolute atomic E-state index is 11.3. The van der Waals surface area contributed by atoms with Gasteiger partial charge in [0.2, 0.25) is 5.82 Å². The van der Waals surface area contributed by atoms with Crippen molar-refractivity contribution in [2.24, 2.45) is 7.05 Å². The second-order valence-electron chi connectivity index (χ2n) is 5.33. The van der Waals surface area contributed by atoms with Gasteiger partial charge in [0.15, 0.2) is 0 Å². The summed E-state index contributed by atoms with van der Waals surface area (Å²) in [7, 11) is 1.72. The van der Waals surface area contributed by atoms with Crippen molar-refractivity contribution in [3.8, 4) is 0 Å². The molecule has 1 aliphatic heterocycles. The number of aliphatic hydroxyl groups is 1. The highest BCUT2D eigenvalue weighted by Crippen LogP contribution is 2.36. The number of aromatic nitrogens is 2. The Balaban J connectivity index is 2.46. The molecule has 1 N–H and O–H groups in total. The normalized spacial score (nSPS) is 20.1. The van der Waals surface area contributed by atoms with Gasteiger partial charge < -0.3 is 10.0 Å². The van der Waals surface area contributed by atoms with Crippen LogP contribution in [0.1, 0.15) is 38.3 Å². The fraction of sp³-hybridized carbons (Fsp3) is 0.750. The second-order valence-corrected chi connectivity index (χ2v) is 5.33. The number of aryl methyl sites for hydroxylation is 1. The molecule has 0 bridgehead atoms. The summed E-state index contributed by atoms with van der Waals surface area (Å²) in [6, 6.07) is 0. The molecule has 0 amide bonds. The first-order valence-electron chi connectivity index (χ1n) is 6.56. The molecule has 19 heavy (non-hydrogen) atoms. The van der Waals surface area contributed by atoms with E-state index in [4.69, 9.17) is 0 Å². The van der Waals surface area contributed by atoms with Gasteiger partial charge >= 0.3 is 5.69 Å². The van der Waals surface area contributed by atoms with Crippen LogP contribution in [0.25, 0.3) is 0 Å². The van der Waals surface area contributed by atoms with Gasteiger partial charge in [-0.1, -0.05) is 13.8 Å². The summed E-state index contributed by atoms with van der Waals surface area (Å²) in [5.74, 6) is 0.502. The van der Waals surface area contributed by atoms with E-state index in [0.717, 1.165) is 19.4 Å². The summed E-state index contributed by atoms with van der Waals surface area (Å²) in [6.45, 7) is 4.93. The van der Waals surface area contributed by atoms with Crippen LogP contribution in [-0.2, 0) is 7.05 Å². The summed E-state index contributed by atoms with van der Waals surface area (Å²) >= 11 is 0. The highest BCUT2D eigenvalue weighted by atomic mass is 16.6. The first kappa shape index (κ1) is 13.8. The Bertz CT molecular complexity index is 484. The molecule has 7 nitrogen and oxygen atoms in total. The summed E-state index contributed by atoms with van der Waals surface area (Å²) in [5, 5.41) is 25.4. The molecule has 0 aliphatic carbocycles. The van der Waals surface area contributed by atoms with Crippen molar-refractivity contribution >= 4 is 11.5 Å². The van der Waals surface area contributed by atoms with Gasteiger partial charge in [-0.3, -0.25) is 10.1 Å². The summed E-state index contributed by atoms with van der Waals surface area (Å²) < 4.78 is 1.56. The minimum Gasteiger partial charge on any atom is -0.391 e. The molecule has 1 saturated heterocycles. The molecule has 1 atom stereocenters. The standard InChI is InChI=1S/C12H20N4O3/c1-8(2)10-11(16(18)19)12(14(3)13-10)15-6-4-5-9(17)7-15/h8-9,17H,4-7H2,1-3H3. The average molecular weight is 268 g/mol. The van der Waals surface area contributed by atoms with Gasteiger partial charge in [-0.25, -0.2) is 4.68 Å². The Morgan fingerprint density at radius 1 is 1.53 bits per heavy atom. The molecule has 106 valence electrons. The van der Waals surface area contributed by atoms with Crippen molar-refractivity contribution in [1.82, 2.24) is 9.78 Å². The third-order valence-corrected chi connectivity index (χ3v) is 3.44. The van der Waals surface area contributed by atoms with Crippen molar-refractivity contribution in [1.29, 1.82) is 0 Å². The quantitative estimate of drug-likeness (QED) is 0.662. The molecule has 0 spiro atoms. The van der Waals surface area contributed by atoms with Gasteiger partial charge in [0.05, 0.1) is 11.0 Å². The molecule has 0 saturated carbocycles. The topological polar surface area (TPSA) is 84.4 Å². The number of aliphatic hydroxyl groups excluding tert-OH is 1. The third-order valence-electron chi connectivity index (χ3n) is 3.44. The van der Waals surface area contributed by atoms with Crippen LogP contribution >= 0.6 is 0 Å². The summed E-state index contributed by atoms with van der Waals surface area (Å²) in [5.41, 5.74) is 0.578. The fourth-order valence-electron chi connectivity index (χ4n) is 2.59. The number of nitro groups is 1. The lowest BCUT2D eigenvalue weighted by molar-refractivity contribution is -0.385. The smallest absolute Gasteiger partial charge is 0.334 e. The number of anilines is 1. The van der Waals surface area contributed by atoms with Crippen molar-refractivity contribution in [2.75, 3.05) is 18.0 Å². The van der Waals surface area contributed by atoms with Gasteiger partial charge in [-0.05, 0) is 12.8 Å². The van der Waals surface area contributed by atoms with Gasteiger partial charge in [0.25, 0.3) is 0 Å². The molecule has 0 aromatic carbocycles. The zero-order valence-corrected chi connectivity index (χ0v) is 11.5. The summed E-state index contributed by atoms with van der Waals surface area (Å²) in [4.78, 5) is 12.9. The van der Waals surface area contributed by atoms with E-state index in [1.807, 2.05) is 18.7 Å². The number of β-amino-alcohol motifs (C(OH)–C–C–N with tert-alkyl or cyclic N) is 1. The molecular formula is C12H20N4O3. The lowest BCUT2D eigenvalue weighted by atomic mass is 10.1. The molecule has 1 aromatic heterocycles. The largest absolute Gasteiger partial charge is 0.391 e. The predicted octanol–water partition coefficient (Wildman–Crippen LogP) is 1.41. The van der Waals surface area contributed by atoms with E-state index in [1.54, 1.807) is 11.7 Å². The molecule has 2 heterocycles. The third kappa shape index (κ3) is 2.56. The average Bonchev–Trinajstić information content (AvgIpc) is 2.67. The maximum Gasteiger partial charge on any atom is 0.334 e. The van der Waals surface area contributed by atoms with Crippen LogP contribution < -0.4 is 4.90 Å². The van der Waals surface area contributed by atoms with E-state index in [2.05, 4.69) is 5.10 Å². The molecule has 1 aliphatic rings. The molecule has 1 fully saturated rings. The second kappa shape index (κ2) is 5.16. The van der Waals surface area contributed by atoms with E-state index in [1.165, 1.54) is 0 Å². The Labute approximate surface area is 112 Å². The maximum atomic E-state index is 11.3. The molecule has 0 radical (unpaired) electrons. The highest BCUT2D eigenvalue weighted by molar-refractivity contribution is 5.62. The molecule has 7 heteroatoms. The molecule has 1 unspecified atom stereocenters. The van der Waals surface area contributed by atoms with Crippen molar-refractivity contribution in [2.45, 2.75) is 38.7 Å². The Morgan fingerprint density at radius 2 is 2.21 bits per heavy atom. The molecule has 2 rings (SSSR count). The minimum absolute atomic E-state index is 0.00457. The van der Waals surface area contributed by atoms with Gasteiger partial charge in [0.1, 0.15) is 5.69 Å². The zero-order chi connectivity index (χ0) is 14.2. The van der Waals surface area contributed by atoms with E-state index in [-0.39, 0.29) is 16.5 Å². The number of hydrogen-bond donors (Lipinski definition) is 1. The van der Waals surface area contributed by atoms with Crippen LogP contribution in [-0.4, -0.2) is 39.0 Å². The van der Waals surface area contributed by atoms with Gasteiger partial charge in [0, 0.05) is 26.1 Å². The van der Waals surface area contributed by atoms with Crippen LogP contribution in [0, 0.1) is 10.1 Å². The highest BCUT2D eigenvalue weighted by Gasteiger charge is 2.33. The minimum atomic E-state index is -0.425. The van der Waals surface area contributed by atoms with Crippen LogP contribution in [0.4, 0.5) is 11.5 Å².